The van der Waals surface area contributed by atoms with Gasteiger partial charge in [0.15, 0.2) is 44.5 Å². The van der Waals surface area contributed by atoms with Gasteiger partial charge in [-0.1, -0.05) is 215 Å². The van der Waals surface area contributed by atoms with Crippen LogP contribution in [0.4, 0.5) is 0 Å². The van der Waals surface area contributed by atoms with Crippen LogP contribution in [0.1, 0.15) is 260 Å². The zero-order valence-electron chi connectivity index (χ0n) is 82.0. The molecule has 2 unspecified atom stereocenters. The van der Waals surface area contributed by atoms with Gasteiger partial charge in [-0.15, -0.1) is 0 Å². The maximum absolute atomic E-state index is 14.9. The summed E-state index contributed by atoms with van der Waals surface area (Å²) in [7, 11) is -9.52. The molecule has 5 N–H and O–H groups in total. The minimum Gasteiger partial charge on any atom is -0.456 e. The SMILES string of the molecule is CC[Si](CC)(CC)OC(C(=O)O[C@H]1C[C@@]2(O)[C@@H](OC(=O)c3ccccc3)[C@@H]3[C@]4(OC(C)=O)CO[C@@H]4C[C@H](O[Si](CC)(CC)CC)[C@@]3(C)[C@@H](O)[C@@H](C)C(=C1C)C2(C)C)[C@@H](C)CC(C)C.CC[Si](CC)(CC)OC(C(=O)O[C@H]1C[C@@]2(O)[C@@H](OC(=O)c3ccccc3)[C@@H]3[C@]4(OC(C)=O)CO[C@@H]4C[C@H](O[Si](CC)(CC)CC)[C@@]3(C)[C@@H](O)[C@@H](O)C(=C1C)C2(C)C)[C@@H](C)CC(C)C. The highest BCUT2D eigenvalue weighted by Gasteiger charge is 2.81. The second-order valence-corrected chi connectivity index (χ2v) is 60.3. The maximum atomic E-state index is 14.9. The van der Waals surface area contributed by atoms with Crippen molar-refractivity contribution in [3.05, 3.63) is 94.1 Å². The molecule has 2 heterocycles. The first kappa shape index (κ1) is 105. The largest absolute Gasteiger partial charge is 0.456 e. The van der Waals surface area contributed by atoms with Gasteiger partial charge in [-0.25, -0.2) is 19.2 Å². The van der Waals surface area contributed by atoms with Crippen molar-refractivity contribution in [3.63, 3.8) is 0 Å². The Morgan fingerprint density at radius 2 is 0.762 bits per heavy atom. The van der Waals surface area contributed by atoms with E-state index in [-0.39, 0.29) is 66.9 Å². The smallest absolute Gasteiger partial charge is 0.338 e. The topological polar surface area (TPSA) is 314 Å². The molecule has 2 aromatic carbocycles. The molecule has 6 aliphatic carbocycles. The molecule has 4 bridgehead atoms. The van der Waals surface area contributed by atoms with Crippen LogP contribution in [0.5, 0.6) is 0 Å². The van der Waals surface area contributed by atoms with Gasteiger partial charge in [0.25, 0.3) is 0 Å². The molecule has 27 heteroatoms. The number of carbonyl (C=O) groups excluding carboxylic acids is 6. The van der Waals surface area contributed by atoms with Crippen molar-refractivity contribution in [1.82, 2.24) is 0 Å². The van der Waals surface area contributed by atoms with E-state index in [9.17, 15) is 54.3 Å². The Hall–Kier alpha value is -4.83. The number of benzene rings is 2. The number of esters is 6. The molecule has 712 valence electrons. The summed E-state index contributed by atoms with van der Waals surface area (Å²) in [5.41, 5.74) is -9.57. The Kier molecular flexibility index (Phi) is 33.7. The molecular weight excluding hydrogens is 1670 g/mol. The van der Waals surface area contributed by atoms with Gasteiger partial charge in [0.05, 0.1) is 60.6 Å². The van der Waals surface area contributed by atoms with E-state index in [0.29, 0.717) is 24.3 Å². The van der Waals surface area contributed by atoms with Crippen LogP contribution in [0.2, 0.25) is 72.5 Å². The summed E-state index contributed by atoms with van der Waals surface area (Å²) in [5, 5.41) is 67.6. The number of ether oxygens (including phenoxy) is 8. The monoisotopic (exact) mass is 1830 g/mol. The number of aliphatic hydroxyl groups excluding tert-OH is 3. The molecule has 2 aromatic rings. The molecular formula is C99H162O23Si4. The third-order valence-electron chi connectivity index (χ3n) is 33.5. The number of carbonyl (C=O) groups is 6. The van der Waals surface area contributed by atoms with Gasteiger partial charge in [0.2, 0.25) is 0 Å². The molecule has 4 saturated carbocycles. The van der Waals surface area contributed by atoms with E-state index in [4.69, 9.17) is 55.6 Å². The van der Waals surface area contributed by atoms with E-state index in [1.807, 2.05) is 54.5 Å². The van der Waals surface area contributed by atoms with Gasteiger partial charge in [-0.05, 0) is 164 Å². The summed E-state index contributed by atoms with van der Waals surface area (Å²) in [6.45, 7) is 57.5. The van der Waals surface area contributed by atoms with Gasteiger partial charge >= 0.3 is 35.8 Å². The number of rotatable bonds is 36. The first-order valence-electron chi connectivity index (χ1n) is 48.1. The van der Waals surface area contributed by atoms with Crippen molar-refractivity contribution < 1.29 is 110 Å². The van der Waals surface area contributed by atoms with Gasteiger partial charge in [-0.3, -0.25) is 9.59 Å². The summed E-state index contributed by atoms with van der Waals surface area (Å²) in [4.78, 5) is 85.7. The minimum atomic E-state index is -2.48. The summed E-state index contributed by atoms with van der Waals surface area (Å²) in [6, 6.07) is 27.1. The Morgan fingerprint density at radius 3 is 1.06 bits per heavy atom. The molecule has 6 fully saturated rings. The lowest BCUT2D eigenvalue weighted by atomic mass is 9.43. The molecule has 2 aliphatic heterocycles. The highest BCUT2D eigenvalue weighted by Crippen LogP contribution is 2.69. The highest BCUT2D eigenvalue weighted by molar-refractivity contribution is 6.75. The van der Waals surface area contributed by atoms with Crippen LogP contribution >= 0.6 is 0 Å². The van der Waals surface area contributed by atoms with Crippen molar-refractivity contribution in [3.8, 4) is 0 Å². The van der Waals surface area contributed by atoms with E-state index >= 15 is 0 Å². The average molecular weight is 1830 g/mol. The summed E-state index contributed by atoms with van der Waals surface area (Å²) in [6.07, 6.45) is -12.2. The normalized spacial score (nSPS) is 33.8. The second-order valence-electron chi connectivity index (χ2n) is 41.4. The molecule has 10 rings (SSSR count). The Balaban J connectivity index is 0.000000285. The quantitative estimate of drug-likeness (QED) is 0.0183. The lowest BCUT2D eigenvalue weighted by Crippen LogP contribution is -2.82. The van der Waals surface area contributed by atoms with Crippen molar-refractivity contribution in [2.75, 3.05) is 13.2 Å². The number of fused-ring (bicyclic) bond motifs is 10. The van der Waals surface area contributed by atoms with E-state index < -0.39 is 210 Å². The molecule has 24 atom stereocenters. The average Bonchev–Trinajstić information content (AvgIpc) is 0.670. The molecule has 0 spiro atoms. The molecule has 126 heavy (non-hydrogen) atoms. The number of hydrogen-bond acceptors (Lipinski definition) is 23. The molecule has 0 aromatic heterocycles. The first-order valence-corrected chi connectivity index (χ1v) is 58.2. The maximum Gasteiger partial charge on any atom is 0.338 e. The van der Waals surface area contributed by atoms with Crippen LogP contribution in [0.3, 0.4) is 0 Å². The Bertz CT molecular complexity index is 3850. The fourth-order valence-corrected chi connectivity index (χ4v) is 36.5. The first-order chi connectivity index (χ1) is 58.9. The standard InChI is InChI=1S/C50H82O11Si2.C49H80O12Si2/c1-16-62(17-2,18-3)60-38-28-39-49(30-56-39,59-35(12)51)42-44(58-45(53)36-25-23-22-24-26-36)50(55)29-37(33(10)40(47(50,13)14)34(11)43(52)48(38,42)15)57-46(54)41(32(9)27-31(7)8)61-63(19-4,20-5)21-6;1-15-62(16-2,17-3)60-36-27-37-48(29-56-37,59-33(11)50)41-43(58-44(53)34-24-22-21-23-25-34)49(55)28-35(32(10)38(46(49,12)13)39(51)42(52)47(36,41)14)57-45(54)40(31(9)26-30(7)8)61-63(18-4,19-5)20-6/h22-26,31-32,34,37-39,41-44,52,55H,16-21,27-30H2,1-15H3;21-25,30-31,35-37,39-43,51-52,55H,15-20,26-29H2,1-14H3/t32-,34-,37-,38-,39+,41?,42-,43-,44-,48+,49-,50+;31-,35-,36-,37+,39-,40?,41-,42-,43-,47+,48-,49+/m00/s1. The fourth-order valence-electron chi connectivity index (χ4n) is 24.9. The van der Waals surface area contributed by atoms with E-state index in [2.05, 4.69) is 118 Å². The Morgan fingerprint density at radius 1 is 0.452 bits per heavy atom. The zero-order valence-corrected chi connectivity index (χ0v) is 86.0. The van der Waals surface area contributed by atoms with Crippen LogP contribution in [0, 0.1) is 63.1 Å². The van der Waals surface area contributed by atoms with Crippen molar-refractivity contribution in [2.45, 2.75) is 414 Å². The molecule has 23 nitrogen and oxygen atoms in total. The summed E-state index contributed by atoms with van der Waals surface area (Å²) >= 11 is 0. The van der Waals surface area contributed by atoms with Crippen molar-refractivity contribution in [2.24, 2.45) is 63.1 Å². The lowest BCUT2D eigenvalue weighted by molar-refractivity contribution is -0.363. The van der Waals surface area contributed by atoms with Crippen molar-refractivity contribution >= 4 is 69.1 Å². The molecule has 2 saturated heterocycles. The van der Waals surface area contributed by atoms with E-state index in [0.717, 1.165) is 90.1 Å². The predicted octanol–water partition coefficient (Wildman–Crippen LogP) is 18.3. The molecule has 0 radical (unpaired) electrons. The van der Waals surface area contributed by atoms with Crippen LogP contribution in [-0.2, 0) is 74.8 Å². The predicted molar refractivity (Wildman–Crippen MR) is 497 cm³/mol. The molecule has 8 aliphatic rings. The van der Waals surface area contributed by atoms with E-state index in [1.54, 1.807) is 75.4 Å². The summed E-state index contributed by atoms with van der Waals surface area (Å²) in [5.74, 6) is -6.18. The van der Waals surface area contributed by atoms with Crippen LogP contribution in [0.25, 0.3) is 0 Å². The Labute approximate surface area is 758 Å². The third-order valence-corrected chi connectivity index (χ3v) is 52.1. The van der Waals surface area contributed by atoms with Gasteiger partial charge in [0.1, 0.15) is 66.1 Å². The van der Waals surface area contributed by atoms with Crippen LogP contribution in [-0.4, -0.2) is 210 Å². The van der Waals surface area contributed by atoms with Crippen LogP contribution in [0.15, 0.2) is 83.0 Å². The molecule has 0 amide bonds. The van der Waals surface area contributed by atoms with Gasteiger partial charge in [-0.2, -0.15) is 0 Å². The lowest BCUT2D eigenvalue weighted by Gasteiger charge is -2.70. The van der Waals surface area contributed by atoms with E-state index in [1.165, 1.54) is 13.8 Å². The second kappa shape index (κ2) is 40.5. The van der Waals surface area contributed by atoms with Gasteiger partial charge < -0.3 is 81.1 Å². The van der Waals surface area contributed by atoms with Crippen LogP contribution < -0.4 is 0 Å². The van der Waals surface area contributed by atoms with Gasteiger partial charge in [0, 0.05) is 67.1 Å². The minimum absolute atomic E-state index is 0.0239. The fraction of sp³-hybridized carbons (Fsp3) is 0.778. The third kappa shape index (κ3) is 18.8. The number of aliphatic hydroxyl groups is 5. The van der Waals surface area contributed by atoms with Crippen molar-refractivity contribution in [1.29, 1.82) is 0 Å². The zero-order chi connectivity index (χ0) is 94.2. The number of hydrogen-bond donors (Lipinski definition) is 5. The highest BCUT2D eigenvalue weighted by atomic mass is 28.4. The summed E-state index contributed by atoms with van der Waals surface area (Å²) < 4.78 is 81.1.